The fraction of sp³-hybridized carbons (Fsp3) is 0.500. The minimum Gasteiger partial charge on any atom is -0.453 e. The summed E-state index contributed by atoms with van der Waals surface area (Å²) in [5.74, 6) is 0.415. The lowest BCUT2D eigenvalue weighted by molar-refractivity contribution is 0.00578. The predicted octanol–water partition coefficient (Wildman–Crippen LogP) is 2.05. The van der Waals surface area contributed by atoms with Crippen LogP contribution in [0.5, 0.6) is 0 Å². The molecule has 2 aromatic heterocycles. The first-order chi connectivity index (χ1) is 11.1. The number of nitrogens with one attached hydrogen (secondary N) is 1. The second-order valence-corrected chi connectivity index (χ2v) is 6.99. The molecule has 0 saturated carbocycles. The molecule has 1 aliphatic rings. The Morgan fingerprint density at radius 3 is 2.50 bits per heavy atom. The third-order valence-electron chi connectivity index (χ3n) is 4.83. The molecule has 2 aromatic rings. The summed E-state index contributed by atoms with van der Waals surface area (Å²) in [7, 11) is 2.77. The first kappa shape index (κ1) is 16.8. The van der Waals surface area contributed by atoms with Gasteiger partial charge in [-0.05, 0) is 33.8 Å². The Morgan fingerprint density at radius 2 is 1.92 bits per heavy atom. The summed E-state index contributed by atoms with van der Waals surface area (Å²) >= 11 is 0. The second kappa shape index (κ2) is 5.49. The summed E-state index contributed by atoms with van der Waals surface area (Å²) in [6.07, 6.45) is 3.11. The average Bonchev–Trinajstić information content (AvgIpc) is 2.93. The maximum atomic E-state index is 11.4. The van der Waals surface area contributed by atoms with Gasteiger partial charge in [0.25, 0.3) is 0 Å². The van der Waals surface area contributed by atoms with Gasteiger partial charge in [0.1, 0.15) is 5.82 Å². The van der Waals surface area contributed by atoms with Crippen molar-refractivity contribution in [2.75, 3.05) is 12.4 Å². The standard InChI is InChI=1S/C16H22BN3O4/c1-15(2)16(3,4)24-17(23-15)11-9-20(5)12-8-18-13(7-10(11)12)19-14(21)22-6/h7-9H,1-6H3,(H,18,19,21). The number of carbonyl (C=O) groups is 1. The molecule has 1 saturated heterocycles. The van der Waals surface area contributed by atoms with Crippen molar-refractivity contribution in [1.82, 2.24) is 9.55 Å². The summed E-state index contributed by atoms with van der Waals surface area (Å²) in [4.78, 5) is 15.6. The van der Waals surface area contributed by atoms with Gasteiger partial charge in [-0.2, -0.15) is 0 Å². The topological polar surface area (TPSA) is 74.6 Å². The summed E-state index contributed by atoms with van der Waals surface area (Å²) in [6.45, 7) is 8.07. The Balaban J connectivity index is 2.02. The first-order valence-corrected chi connectivity index (χ1v) is 7.80. The highest BCUT2D eigenvalue weighted by atomic mass is 16.7. The maximum absolute atomic E-state index is 11.4. The van der Waals surface area contributed by atoms with Gasteiger partial charge >= 0.3 is 13.2 Å². The Morgan fingerprint density at radius 1 is 1.29 bits per heavy atom. The van der Waals surface area contributed by atoms with Crippen molar-refractivity contribution < 1.29 is 18.8 Å². The molecular weight excluding hydrogens is 309 g/mol. The second-order valence-electron chi connectivity index (χ2n) is 6.99. The van der Waals surface area contributed by atoms with Crippen LogP contribution in [0.1, 0.15) is 27.7 Å². The molecule has 24 heavy (non-hydrogen) atoms. The Bertz CT molecular complexity index is 784. The lowest BCUT2D eigenvalue weighted by Crippen LogP contribution is -2.41. The molecule has 0 aliphatic carbocycles. The van der Waals surface area contributed by atoms with Crippen LogP contribution in [-0.4, -0.2) is 41.1 Å². The van der Waals surface area contributed by atoms with Gasteiger partial charge < -0.3 is 18.6 Å². The molecule has 128 valence electrons. The molecule has 1 fully saturated rings. The number of aromatic nitrogens is 2. The molecule has 1 amide bonds. The van der Waals surface area contributed by atoms with E-state index in [1.807, 2.05) is 45.5 Å². The van der Waals surface area contributed by atoms with E-state index in [1.54, 1.807) is 12.3 Å². The highest BCUT2D eigenvalue weighted by Crippen LogP contribution is 2.37. The summed E-state index contributed by atoms with van der Waals surface area (Å²) < 4.78 is 18.9. The summed E-state index contributed by atoms with van der Waals surface area (Å²) in [5.41, 5.74) is 0.997. The molecule has 0 bridgehead atoms. The van der Waals surface area contributed by atoms with Crippen LogP contribution in [0.2, 0.25) is 0 Å². The van der Waals surface area contributed by atoms with Crippen LogP contribution in [0.15, 0.2) is 18.5 Å². The van der Waals surface area contributed by atoms with Crippen molar-refractivity contribution in [2.24, 2.45) is 7.05 Å². The number of aryl methyl sites for hydroxylation is 1. The van der Waals surface area contributed by atoms with Gasteiger partial charge in [-0.3, -0.25) is 5.32 Å². The monoisotopic (exact) mass is 331 g/mol. The highest BCUT2D eigenvalue weighted by molar-refractivity contribution is 6.65. The van der Waals surface area contributed by atoms with Gasteiger partial charge in [-0.1, -0.05) is 0 Å². The number of nitrogens with zero attached hydrogens (tertiary/aromatic N) is 2. The number of hydrogen-bond acceptors (Lipinski definition) is 5. The molecule has 0 spiro atoms. The highest BCUT2D eigenvalue weighted by Gasteiger charge is 2.52. The maximum Gasteiger partial charge on any atom is 0.497 e. The summed E-state index contributed by atoms with van der Waals surface area (Å²) in [6, 6.07) is 1.80. The fourth-order valence-electron chi connectivity index (χ4n) is 2.69. The molecule has 0 radical (unpaired) electrons. The van der Waals surface area contributed by atoms with E-state index >= 15 is 0 Å². The Labute approximate surface area is 141 Å². The number of fused-ring (bicyclic) bond motifs is 1. The van der Waals surface area contributed by atoms with Crippen LogP contribution >= 0.6 is 0 Å². The number of hydrogen-bond donors (Lipinski definition) is 1. The SMILES string of the molecule is COC(=O)Nc1cc2c(B3OC(C)(C)C(C)(C)O3)cn(C)c2cn1. The average molecular weight is 331 g/mol. The molecule has 8 heteroatoms. The van der Waals surface area contributed by atoms with Crippen LogP contribution in [0.25, 0.3) is 10.9 Å². The smallest absolute Gasteiger partial charge is 0.453 e. The quantitative estimate of drug-likeness (QED) is 0.853. The van der Waals surface area contributed by atoms with E-state index in [2.05, 4.69) is 15.0 Å². The third-order valence-corrected chi connectivity index (χ3v) is 4.83. The molecule has 1 N–H and O–H groups in total. The van der Waals surface area contributed by atoms with Crippen molar-refractivity contribution >= 4 is 35.4 Å². The van der Waals surface area contributed by atoms with Gasteiger partial charge in [0.15, 0.2) is 0 Å². The van der Waals surface area contributed by atoms with Crippen molar-refractivity contribution in [3.05, 3.63) is 18.5 Å². The molecule has 7 nitrogen and oxygen atoms in total. The zero-order valence-electron chi connectivity index (χ0n) is 14.8. The summed E-state index contributed by atoms with van der Waals surface area (Å²) in [5, 5.41) is 3.49. The molecule has 3 rings (SSSR count). The fourth-order valence-corrected chi connectivity index (χ4v) is 2.69. The molecule has 0 unspecified atom stereocenters. The molecular formula is C16H22BN3O4. The molecule has 0 atom stereocenters. The van der Waals surface area contributed by atoms with Gasteiger partial charge in [-0.15, -0.1) is 0 Å². The lowest BCUT2D eigenvalue weighted by Gasteiger charge is -2.32. The van der Waals surface area contributed by atoms with Crippen LogP contribution < -0.4 is 10.8 Å². The van der Waals surface area contributed by atoms with Gasteiger partial charge in [0, 0.05) is 24.1 Å². The third kappa shape index (κ3) is 2.65. The van der Waals surface area contributed by atoms with E-state index in [1.165, 1.54) is 7.11 Å². The van der Waals surface area contributed by atoms with Crippen molar-refractivity contribution in [1.29, 1.82) is 0 Å². The number of ether oxygens (including phenoxy) is 1. The molecule has 3 heterocycles. The van der Waals surface area contributed by atoms with Crippen molar-refractivity contribution in [3.63, 3.8) is 0 Å². The largest absolute Gasteiger partial charge is 0.497 e. The number of methoxy groups -OCH3 is 1. The van der Waals surface area contributed by atoms with E-state index in [0.717, 1.165) is 16.4 Å². The molecule has 0 aromatic carbocycles. The zero-order valence-corrected chi connectivity index (χ0v) is 14.8. The van der Waals surface area contributed by atoms with Gasteiger partial charge in [-0.25, -0.2) is 9.78 Å². The van der Waals surface area contributed by atoms with Crippen LogP contribution in [0.3, 0.4) is 0 Å². The number of amides is 1. The van der Waals surface area contributed by atoms with E-state index in [4.69, 9.17) is 9.31 Å². The zero-order chi connectivity index (χ0) is 17.7. The number of rotatable bonds is 2. The van der Waals surface area contributed by atoms with E-state index in [0.29, 0.717) is 5.82 Å². The van der Waals surface area contributed by atoms with Gasteiger partial charge in [0.05, 0.1) is 30.0 Å². The Hall–Kier alpha value is -2.06. The van der Waals surface area contributed by atoms with Crippen LogP contribution in [0.4, 0.5) is 10.6 Å². The minimum absolute atomic E-state index is 0.415. The van der Waals surface area contributed by atoms with Crippen molar-refractivity contribution in [2.45, 2.75) is 38.9 Å². The van der Waals surface area contributed by atoms with E-state index < -0.39 is 24.4 Å². The van der Waals surface area contributed by atoms with E-state index in [9.17, 15) is 4.79 Å². The number of anilines is 1. The molecule has 1 aliphatic heterocycles. The normalized spacial score (nSPS) is 18.8. The van der Waals surface area contributed by atoms with Gasteiger partial charge in [0.2, 0.25) is 0 Å². The number of carbonyl (C=O) groups excluding carboxylic acids is 1. The predicted molar refractivity (Wildman–Crippen MR) is 92.5 cm³/mol. The Kier molecular flexibility index (Phi) is 3.84. The van der Waals surface area contributed by atoms with Crippen LogP contribution in [-0.2, 0) is 21.1 Å². The van der Waals surface area contributed by atoms with E-state index in [-0.39, 0.29) is 0 Å². The van der Waals surface area contributed by atoms with Crippen molar-refractivity contribution in [3.8, 4) is 0 Å². The van der Waals surface area contributed by atoms with Crippen LogP contribution in [0, 0.1) is 0 Å². The minimum atomic E-state index is -0.560. The number of pyridine rings is 1. The lowest BCUT2D eigenvalue weighted by atomic mass is 9.79. The first-order valence-electron chi connectivity index (χ1n) is 7.80.